The first-order chi connectivity index (χ1) is 11.5. The van der Waals surface area contributed by atoms with E-state index in [0.29, 0.717) is 20.6 Å². The average molecular weight is 381 g/mol. The highest BCUT2D eigenvalue weighted by Crippen LogP contribution is 2.35. The molecular weight excluding hydrogens is 368 g/mol. The van der Waals surface area contributed by atoms with E-state index in [-0.39, 0.29) is 5.69 Å². The fraction of sp³-hybridized carbons (Fsp3) is 0.0667. The molecule has 0 saturated heterocycles. The van der Waals surface area contributed by atoms with Crippen LogP contribution >= 0.6 is 35.6 Å². The summed E-state index contributed by atoms with van der Waals surface area (Å²) in [7, 11) is 1.67. The van der Waals surface area contributed by atoms with Gasteiger partial charge in [-0.3, -0.25) is 15.5 Å². The van der Waals surface area contributed by atoms with E-state index in [1.165, 1.54) is 24.0 Å². The van der Waals surface area contributed by atoms with E-state index in [1.54, 1.807) is 31.3 Å². The van der Waals surface area contributed by atoms with Crippen LogP contribution in [0.15, 0.2) is 57.4 Å². The molecule has 0 aliphatic rings. The third kappa shape index (κ3) is 5.19. The Morgan fingerprint density at radius 1 is 1.33 bits per heavy atom. The van der Waals surface area contributed by atoms with Crippen molar-refractivity contribution in [2.45, 2.75) is 9.79 Å². The van der Waals surface area contributed by atoms with E-state index < -0.39 is 4.92 Å². The molecule has 9 heteroatoms. The van der Waals surface area contributed by atoms with Crippen molar-refractivity contribution >= 4 is 52.6 Å². The number of hydrogen-bond donors (Lipinski definition) is 2. The summed E-state index contributed by atoms with van der Waals surface area (Å²) >= 11 is 12.0. The third-order valence-corrected chi connectivity index (χ3v) is 4.45. The molecule has 2 N–H and O–H groups in total. The largest absolute Gasteiger partial charge is 0.364 e. The minimum absolute atomic E-state index is 0.00935. The number of nitrogens with one attached hydrogen (secondary N) is 2. The molecule has 0 saturated carbocycles. The first-order valence-electron chi connectivity index (χ1n) is 6.72. The van der Waals surface area contributed by atoms with Gasteiger partial charge in [-0.15, -0.1) is 0 Å². The van der Waals surface area contributed by atoms with Crippen molar-refractivity contribution in [2.75, 3.05) is 7.05 Å². The Hall–Kier alpha value is -2.16. The zero-order valence-electron chi connectivity index (χ0n) is 12.5. The Balaban J connectivity index is 2.21. The Morgan fingerprint density at radius 2 is 2.04 bits per heavy atom. The number of rotatable bonds is 5. The van der Waals surface area contributed by atoms with Gasteiger partial charge in [0, 0.05) is 28.6 Å². The van der Waals surface area contributed by atoms with Crippen LogP contribution in [0.25, 0.3) is 0 Å². The number of thiocarbonyl (C=S) groups is 1. The molecule has 0 amide bonds. The van der Waals surface area contributed by atoms with Crippen molar-refractivity contribution in [2.24, 2.45) is 5.10 Å². The van der Waals surface area contributed by atoms with Crippen molar-refractivity contribution in [3.63, 3.8) is 0 Å². The van der Waals surface area contributed by atoms with Crippen molar-refractivity contribution in [1.29, 1.82) is 0 Å². The predicted molar refractivity (Wildman–Crippen MR) is 101 cm³/mol. The minimum Gasteiger partial charge on any atom is -0.364 e. The second-order valence-corrected chi connectivity index (χ2v) is 6.45. The average Bonchev–Trinajstić information content (AvgIpc) is 2.57. The van der Waals surface area contributed by atoms with Crippen molar-refractivity contribution in [3.8, 4) is 0 Å². The van der Waals surface area contributed by atoms with Crippen LogP contribution in [-0.4, -0.2) is 23.3 Å². The summed E-state index contributed by atoms with van der Waals surface area (Å²) in [6, 6.07) is 12.0. The van der Waals surface area contributed by atoms with Crippen LogP contribution in [0.3, 0.4) is 0 Å². The quantitative estimate of drug-likeness (QED) is 0.355. The van der Waals surface area contributed by atoms with Crippen LogP contribution < -0.4 is 10.7 Å². The molecular formula is C15H13ClN4O2S2. The molecule has 0 aliphatic heterocycles. The van der Waals surface area contributed by atoms with E-state index in [1.807, 2.05) is 12.1 Å². The molecule has 0 fully saturated rings. The first-order valence-corrected chi connectivity index (χ1v) is 8.32. The normalized spacial score (nSPS) is 10.6. The van der Waals surface area contributed by atoms with Gasteiger partial charge >= 0.3 is 0 Å². The topological polar surface area (TPSA) is 79.6 Å². The van der Waals surface area contributed by atoms with E-state index in [9.17, 15) is 10.1 Å². The lowest BCUT2D eigenvalue weighted by atomic mass is 10.2. The Kier molecular flexibility index (Phi) is 6.53. The Labute approximate surface area is 153 Å². The van der Waals surface area contributed by atoms with Crippen molar-refractivity contribution < 1.29 is 4.92 Å². The highest BCUT2D eigenvalue weighted by Gasteiger charge is 2.15. The molecule has 0 aromatic heterocycles. The van der Waals surface area contributed by atoms with Crippen LogP contribution in [0.1, 0.15) is 5.56 Å². The highest BCUT2D eigenvalue weighted by molar-refractivity contribution is 7.99. The number of nitrogens with zero attached hydrogens (tertiary/aromatic N) is 2. The lowest BCUT2D eigenvalue weighted by Gasteiger charge is -2.04. The third-order valence-electron chi connectivity index (χ3n) is 2.83. The highest BCUT2D eigenvalue weighted by atomic mass is 35.5. The molecule has 2 aromatic carbocycles. The van der Waals surface area contributed by atoms with Gasteiger partial charge in [0.15, 0.2) is 5.11 Å². The molecule has 0 bridgehead atoms. The lowest BCUT2D eigenvalue weighted by molar-refractivity contribution is -0.387. The zero-order chi connectivity index (χ0) is 17.5. The minimum atomic E-state index is -0.415. The monoisotopic (exact) mass is 380 g/mol. The van der Waals surface area contributed by atoms with E-state index in [4.69, 9.17) is 23.8 Å². The molecule has 0 radical (unpaired) electrons. The van der Waals surface area contributed by atoms with Gasteiger partial charge in [0.05, 0.1) is 16.0 Å². The molecule has 0 aliphatic carbocycles. The number of halogens is 1. The van der Waals surface area contributed by atoms with Gasteiger partial charge in [0.25, 0.3) is 5.69 Å². The van der Waals surface area contributed by atoms with E-state index in [2.05, 4.69) is 15.8 Å². The van der Waals surface area contributed by atoms with Crippen LogP contribution in [0.2, 0.25) is 5.02 Å². The van der Waals surface area contributed by atoms with Crippen molar-refractivity contribution in [3.05, 3.63) is 63.2 Å². The van der Waals surface area contributed by atoms with Crippen LogP contribution in [0.5, 0.6) is 0 Å². The van der Waals surface area contributed by atoms with Gasteiger partial charge < -0.3 is 5.32 Å². The number of hydrogen-bond acceptors (Lipinski definition) is 5. The molecule has 24 heavy (non-hydrogen) atoms. The molecule has 2 rings (SSSR count). The smallest absolute Gasteiger partial charge is 0.283 e. The summed E-state index contributed by atoms with van der Waals surface area (Å²) in [6.45, 7) is 0. The van der Waals surface area contributed by atoms with Gasteiger partial charge in [-0.2, -0.15) is 5.10 Å². The van der Waals surface area contributed by atoms with Gasteiger partial charge in [-0.05, 0) is 42.5 Å². The molecule has 124 valence electrons. The van der Waals surface area contributed by atoms with Gasteiger partial charge in [-0.1, -0.05) is 29.4 Å². The molecule has 0 spiro atoms. The molecule has 0 unspecified atom stereocenters. The maximum atomic E-state index is 11.3. The zero-order valence-corrected chi connectivity index (χ0v) is 14.9. The number of nitro benzene ring substituents is 1. The number of nitro groups is 1. The van der Waals surface area contributed by atoms with Crippen LogP contribution in [0, 0.1) is 10.1 Å². The summed E-state index contributed by atoms with van der Waals surface area (Å²) < 4.78 is 0. The van der Waals surface area contributed by atoms with Gasteiger partial charge in [0.2, 0.25) is 0 Å². The SMILES string of the molecule is CNC(=S)N/N=C/c1ccc(Sc2ccc(Cl)cc2)c([N+](=O)[O-])c1. The fourth-order valence-corrected chi connectivity index (χ4v) is 2.77. The number of benzene rings is 2. The van der Waals surface area contributed by atoms with Gasteiger partial charge in [-0.25, -0.2) is 0 Å². The van der Waals surface area contributed by atoms with Crippen molar-refractivity contribution in [1.82, 2.24) is 10.7 Å². The number of hydrazone groups is 1. The standard InChI is InChI=1S/C15H13ClN4O2S2/c1-17-15(23)19-18-9-10-2-7-14(13(8-10)20(21)22)24-12-5-3-11(16)4-6-12/h2-9H,1H3,(H2,17,19,23)/b18-9+. The first kappa shape index (κ1) is 18.2. The van der Waals surface area contributed by atoms with E-state index >= 15 is 0 Å². The van der Waals surface area contributed by atoms with Gasteiger partial charge in [0.1, 0.15) is 0 Å². The summed E-state index contributed by atoms with van der Waals surface area (Å²) in [6.07, 6.45) is 1.47. The molecule has 2 aromatic rings. The predicted octanol–water partition coefficient (Wildman–Crippen LogP) is 3.83. The summed E-state index contributed by atoms with van der Waals surface area (Å²) in [5.74, 6) is 0. The van der Waals surface area contributed by atoms with E-state index in [0.717, 1.165) is 4.90 Å². The Bertz CT molecular complexity index is 782. The summed E-state index contributed by atoms with van der Waals surface area (Å²) in [5.41, 5.74) is 3.19. The van der Waals surface area contributed by atoms with Crippen LogP contribution in [0.4, 0.5) is 5.69 Å². The van der Waals surface area contributed by atoms with Crippen LogP contribution in [-0.2, 0) is 0 Å². The maximum absolute atomic E-state index is 11.3. The molecule has 6 nitrogen and oxygen atoms in total. The summed E-state index contributed by atoms with van der Waals surface area (Å²) in [5, 5.41) is 18.9. The maximum Gasteiger partial charge on any atom is 0.283 e. The second kappa shape index (κ2) is 8.62. The fourth-order valence-electron chi connectivity index (χ4n) is 1.69. The lowest BCUT2D eigenvalue weighted by Crippen LogP contribution is -2.28. The Morgan fingerprint density at radius 3 is 2.67 bits per heavy atom. The second-order valence-electron chi connectivity index (χ2n) is 4.49. The molecule has 0 atom stereocenters. The molecule has 0 heterocycles. The summed E-state index contributed by atoms with van der Waals surface area (Å²) in [4.78, 5) is 12.3.